The second-order valence-electron chi connectivity index (χ2n) is 4.98. The second kappa shape index (κ2) is 7.18. The van der Waals surface area contributed by atoms with Crippen LogP contribution in [0.15, 0.2) is 52.2 Å². The van der Waals surface area contributed by atoms with Gasteiger partial charge in [-0.2, -0.15) is 0 Å². The Hall–Kier alpha value is -3.14. The number of amides is 1. The zero-order valence-electron chi connectivity index (χ0n) is 13.1. The van der Waals surface area contributed by atoms with Crippen molar-refractivity contribution in [1.82, 2.24) is 14.8 Å². The number of hydrogen-bond donors (Lipinski definition) is 1. The van der Waals surface area contributed by atoms with Gasteiger partial charge < -0.3 is 14.3 Å². The molecule has 0 aliphatic heterocycles. The Balaban J connectivity index is 1.58. The lowest BCUT2D eigenvalue weighted by Gasteiger charge is -2.05. The van der Waals surface area contributed by atoms with Gasteiger partial charge in [-0.1, -0.05) is 11.8 Å². The summed E-state index contributed by atoms with van der Waals surface area (Å²) in [5, 5.41) is 21.9. The Bertz CT molecular complexity index is 889. The molecule has 3 aromatic rings. The van der Waals surface area contributed by atoms with E-state index >= 15 is 0 Å². The smallest absolute Gasteiger partial charge is 0.269 e. The summed E-state index contributed by atoms with van der Waals surface area (Å²) in [6.07, 6.45) is 1.55. The average Bonchev–Trinajstić information content (AvgIpc) is 3.23. The first-order valence-corrected chi connectivity index (χ1v) is 8.13. The Labute approximate surface area is 146 Å². The van der Waals surface area contributed by atoms with Gasteiger partial charge in [0.15, 0.2) is 16.7 Å². The highest BCUT2D eigenvalue weighted by atomic mass is 32.2. The van der Waals surface area contributed by atoms with Gasteiger partial charge in [-0.05, 0) is 24.3 Å². The summed E-state index contributed by atoms with van der Waals surface area (Å²) in [5.41, 5.74) is 0.461. The van der Waals surface area contributed by atoms with Crippen LogP contribution in [0.4, 0.5) is 11.4 Å². The number of carbonyl (C=O) groups excluding carboxylic acids is 1. The first-order chi connectivity index (χ1) is 12.0. The molecule has 0 saturated heterocycles. The molecule has 3 rings (SSSR count). The van der Waals surface area contributed by atoms with Gasteiger partial charge in [0.2, 0.25) is 5.91 Å². The van der Waals surface area contributed by atoms with Crippen molar-refractivity contribution in [3.8, 4) is 11.6 Å². The first kappa shape index (κ1) is 16.7. The van der Waals surface area contributed by atoms with Crippen molar-refractivity contribution >= 4 is 29.0 Å². The van der Waals surface area contributed by atoms with Crippen LogP contribution in [0.25, 0.3) is 11.6 Å². The Morgan fingerprint density at radius 1 is 1.32 bits per heavy atom. The van der Waals surface area contributed by atoms with Gasteiger partial charge in [-0.15, -0.1) is 10.2 Å². The molecule has 1 N–H and O–H groups in total. The van der Waals surface area contributed by atoms with Crippen LogP contribution < -0.4 is 5.32 Å². The number of aromatic nitrogens is 3. The van der Waals surface area contributed by atoms with E-state index in [4.69, 9.17) is 4.42 Å². The molecule has 0 atom stereocenters. The molecule has 0 radical (unpaired) electrons. The lowest BCUT2D eigenvalue weighted by molar-refractivity contribution is -0.384. The van der Waals surface area contributed by atoms with Gasteiger partial charge in [0.05, 0.1) is 16.9 Å². The van der Waals surface area contributed by atoms with Crippen LogP contribution in [-0.2, 0) is 11.8 Å². The number of anilines is 1. The molecule has 10 heteroatoms. The highest BCUT2D eigenvalue weighted by Gasteiger charge is 2.14. The average molecular weight is 359 g/mol. The van der Waals surface area contributed by atoms with Crippen LogP contribution in [0.1, 0.15) is 0 Å². The Kier molecular flexibility index (Phi) is 4.80. The summed E-state index contributed by atoms with van der Waals surface area (Å²) in [5.74, 6) is 1.04. The molecule has 128 valence electrons. The van der Waals surface area contributed by atoms with Crippen molar-refractivity contribution in [3.63, 3.8) is 0 Å². The Morgan fingerprint density at radius 2 is 2.08 bits per heavy atom. The van der Waals surface area contributed by atoms with Crippen LogP contribution in [0, 0.1) is 10.1 Å². The summed E-state index contributed by atoms with van der Waals surface area (Å²) in [4.78, 5) is 22.1. The number of rotatable bonds is 6. The van der Waals surface area contributed by atoms with Gasteiger partial charge in [-0.3, -0.25) is 14.9 Å². The van der Waals surface area contributed by atoms with Crippen LogP contribution >= 0.6 is 11.8 Å². The van der Waals surface area contributed by atoms with Crippen molar-refractivity contribution < 1.29 is 14.1 Å². The molecule has 1 amide bonds. The number of hydrogen-bond acceptors (Lipinski definition) is 7. The van der Waals surface area contributed by atoms with Gasteiger partial charge in [-0.25, -0.2) is 0 Å². The second-order valence-corrected chi connectivity index (χ2v) is 5.93. The Morgan fingerprint density at radius 3 is 2.72 bits per heavy atom. The topological polar surface area (TPSA) is 116 Å². The van der Waals surface area contributed by atoms with Crippen LogP contribution in [0.5, 0.6) is 0 Å². The van der Waals surface area contributed by atoms with E-state index < -0.39 is 4.92 Å². The maximum atomic E-state index is 12.0. The molecule has 0 aliphatic rings. The van der Waals surface area contributed by atoms with Crippen LogP contribution in [0.2, 0.25) is 0 Å². The van der Waals surface area contributed by atoms with Gasteiger partial charge >= 0.3 is 0 Å². The fourth-order valence-electron chi connectivity index (χ4n) is 2.05. The van der Waals surface area contributed by atoms with Gasteiger partial charge in [0.25, 0.3) is 5.69 Å². The van der Waals surface area contributed by atoms with E-state index in [1.165, 1.54) is 36.0 Å². The van der Waals surface area contributed by atoms with Crippen LogP contribution in [-0.4, -0.2) is 31.3 Å². The summed E-state index contributed by atoms with van der Waals surface area (Å²) < 4.78 is 7.02. The number of thioether (sulfide) groups is 1. The normalized spacial score (nSPS) is 10.6. The highest BCUT2D eigenvalue weighted by molar-refractivity contribution is 7.99. The van der Waals surface area contributed by atoms with E-state index in [2.05, 4.69) is 15.5 Å². The third kappa shape index (κ3) is 3.86. The van der Waals surface area contributed by atoms with Gasteiger partial charge in [0.1, 0.15) is 0 Å². The number of nitro benzene ring substituents is 1. The monoisotopic (exact) mass is 359 g/mol. The lowest BCUT2D eigenvalue weighted by atomic mass is 10.3. The molecule has 1 aromatic carbocycles. The van der Waals surface area contributed by atoms with E-state index in [0.29, 0.717) is 22.4 Å². The minimum Gasteiger partial charge on any atom is -0.461 e. The predicted molar refractivity (Wildman–Crippen MR) is 91.2 cm³/mol. The molecule has 0 unspecified atom stereocenters. The number of non-ortho nitro benzene ring substituents is 1. The quantitative estimate of drug-likeness (QED) is 0.408. The molecular formula is C15H13N5O4S. The zero-order chi connectivity index (χ0) is 17.8. The highest BCUT2D eigenvalue weighted by Crippen LogP contribution is 2.23. The summed E-state index contributed by atoms with van der Waals surface area (Å²) in [7, 11) is 1.79. The lowest BCUT2D eigenvalue weighted by Crippen LogP contribution is -2.14. The standard InChI is InChI=1S/C15H13N5O4S/c1-19-14(12-3-2-8-24-12)17-18-15(19)25-9-13(21)16-10-4-6-11(7-5-10)20(22)23/h2-8H,9H2,1H3,(H,16,21). The number of nitrogens with zero attached hydrogens (tertiary/aromatic N) is 4. The predicted octanol–water partition coefficient (Wildman–Crippen LogP) is 2.71. The summed E-state index contributed by atoms with van der Waals surface area (Å²) in [6, 6.07) is 9.17. The molecule has 0 fully saturated rings. The van der Waals surface area contributed by atoms with E-state index in [1.54, 1.807) is 30.0 Å². The fraction of sp³-hybridized carbons (Fsp3) is 0.133. The van der Waals surface area contributed by atoms with Crippen molar-refractivity contribution in [2.45, 2.75) is 5.16 Å². The zero-order valence-corrected chi connectivity index (χ0v) is 13.9. The molecule has 2 aromatic heterocycles. The maximum absolute atomic E-state index is 12.0. The first-order valence-electron chi connectivity index (χ1n) is 7.15. The molecule has 0 saturated carbocycles. The molecule has 0 spiro atoms. The van der Waals surface area contributed by atoms with Crippen molar-refractivity contribution in [2.75, 3.05) is 11.1 Å². The number of carbonyl (C=O) groups is 1. The van der Waals surface area contributed by atoms with E-state index in [1.807, 2.05) is 0 Å². The van der Waals surface area contributed by atoms with Crippen molar-refractivity contribution in [3.05, 3.63) is 52.8 Å². The van der Waals surface area contributed by atoms with Crippen molar-refractivity contribution in [1.29, 1.82) is 0 Å². The molecule has 0 aliphatic carbocycles. The van der Waals surface area contributed by atoms with E-state index in [9.17, 15) is 14.9 Å². The largest absolute Gasteiger partial charge is 0.461 e. The number of nitro groups is 1. The SMILES string of the molecule is Cn1c(SCC(=O)Nc2ccc([N+](=O)[O-])cc2)nnc1-c1ccco1. The number of furan rings is 1. The fourth-order valence-corrected chi connectivity index (χ4v) is 2.77. The number of benzene rings is 1. The van der Waals surface area contributed by atoms with E-state index in [0.717, 1.165) is 0 Å². The molecule has 25 heavy (non-hydrogen) atoms. The molecule has 9 nitrogen and oxygen atoms in total. The van der Waals surface area contributed by atoms with Gasteiger partial charge in [0, 0.05) is 24.9 Å². The molecular weight excluding hydrogens is 346 g/mol. The summed E-state index contributed by atoms with van der Waals surface area (Å²) in [6.45, 7) is 0. The maximum Gasteiger partial charge on any atom is 0.269 e. The summed E-state index contributed by atoms with van der Waals surface area (Å²) >= 11 is 1.23. The van der Waals surface area contributed by atoms with E-state index in [-0.39, 0.29) is 17.3 Å². The third-order valence-electron chi connectivity index (χ3n) is 3.27. The van der Waals surface area contributed by atoms with Crippen molar-refractivity contribution in [2.24, 2.45) is 7.05 Å². The molecule has 2 heterocycles. The number of nitrogens with one attached hydrogen (secondary N) is 1. The minimum atomic E-state index is -0.494. The minimum absolute atomic E-state index is 0.0306. The van der Waals surface area contributed by atoms with Crippen LogP contribution in [0.3, 0.4) is 0 Å². The molecule has 0 bridgehead atoms. The third-order valence-corrected chi connectivity index (χ3v) is 4.29.